The summed E-state index contributed by atoms with van der Waals surface area (Å²) in [6.45, 7) is 3.78. The van der Waals surface area contributed by atoms with E-state index in [1.807, 2.05) is 13.8 Å². The number of aromatic nitrogens is 3. The number of rotatable bonds is 3. The van der Waals surface area contributed by atoms with Crippen LogP contribution in [0, 0.1) is 0 Å². The van der Waals surface area contributed by atoms with Gasteiger partial charge < -0.3 is 0 Å². The maximum atomic E-state index is 12.7. The molecule has 0 aromatic carbocycles. The van der Waals surface area contributed by atoms with Crippen molar-refractivity contribution in [1.82, 2.24) is 14.5 Å². The SMILES string of the molecule is CCC(CC)n1c(=O)[nH]c2ncc(C(F)(F)F)cc21. The number of fused-ring (bicyclic) bond motifs is 1. The third-order valence-corrected chi connectivity index (χ3v) is 3.21. The fourth-order valence-corrected chi connectivity index (χ4v) is 2.18. The molecule has 2 aromatic heterocycles. The zero-order chi connectivity index (χ0) is 14.2. The van der Waals surface area contributed by atoms with Gasteiger partial charge in [-0.15, -0.1) is 0 Å². The van der Waals surface area contributed by atoms with Gasteiger partial charge in [0.2, 0.25) is 0 Å². The number of imidazole rings is 1. The van der Waals surface area contributed by atoms with Gasteiger partial charge in [0.15, 0.2) is 5.65 Å². The van der Waals surface area contributed by atoms with Crippen LogP contribution >= 0.6 is 0 Å². The molecular weight excluding hydrogens is 259 g/mol. The average molecular weight is 273 g/mol. The first kappa shape index (κ1) is 13.6. The monoisotopic (exact) mass is 273 g/mol. The van der Waals surface area contributed by atoms with Crippen LogP contribution in [-0.2, 0) is 6.18 Å². The number of hydrogen-bond donors (Lipinski definition) is 1. The molecule has 7 heteroatoms. The third-order valence-electron chi connectivity index (χ3n) is 3.21. The van der Waals surface area contributed by atoms with Crippen LogP contribution in [0.3, 0.4) is 0 Å². The highest BCUT2D eigenvalue weighted by atomic mass is 19.4. The molecule has 104 valence electrons. The zero-order valence-electron chi connectivity index (χ0n) is 10.6. The number of nitrogens with zero attached hydrogens (tertiary/aromatic N) is 2. The lowest BCUT2D eigenvalue weighted by molar-refractivity contribution is -0.137. The van der Waals surface area contributed by atoms with Gasteiger partial charge in [0.25, 0.3) is 0 Å². The van der Waals surface area contributed by atoms with E-state index in [0.29, 0.717) is 12.8 Å². The molecule has 2 rings (SSSR count). The molecule has 4 nitrogen and oxygen atoms in total. The van der Waals surface area contributed by atoms with E-state index < -0.39 is 17.4 Å². The molecule has 0 bridgehead atoms. The standard InChI is InChI=1S/C12H14F3N3O/c1-3-8(4-2)18-9-5-7(12(13,14)15)6-16-10(9)17-11(18)19/h5-6,8H,3-4H2,1-2H3,(H,16,17,19). The summed E-state index contributed by atoms with van der Waals surface area (Å²) in [7, 11) is 0. The van der Waals surface area contributed by atoms with Crippen molar-refractivity contribution in [2.24, 2.45) is 0 Å². The van der Waals surface area contributed by atoms with Gasteiger partial charge in [-0.1, -0.05) is 13.8 Å². The number of halogens is 3. The minimum atomic E-state index is -4.47. The first-order valence-electron chi connectivity index (χ1n) is 6.06. The smallest absolute Gasteiger partial charge is 0.290 e. The molecule has 2 aromatic rings. The van der Waals surface area contributed by atoms with Crippen molar-refractivity contribution < 1.29 is 13.2 Å². The second-order valence-electron chi connectivity index (χ2n) is 4.36. The predicted octanol–water partition coefficient (Wildman–Crippen LogP) is 3.10. The van der Waals surface area contributed by atoms with Crippen LogP contribution in [0.1, 0.15) is 38.3 Å². The van der Waals surface area contributed by atoms with Crippen LogP contribution in [-0.4, -0.2) is 14.5 Å². The number of H-pyrrole nitrogens is 1. The van der Waals surface area contributed by atoms with Crippen molar-refractivity contribution in [1.29, 1.82) is 0 Å². The summed E-state index contributed by atoms with van der Waals surface area (Å²) in [6.07, 6.45) is -2.40. The highest BCUT2D eigenvalue weighted by molar-refractivity contribution is 5.71. The van der Waals surface area contributed by atoms with E-state index >= 15 is 0 Å². The van der Waals surface area contributed by atoms with Gasteiger partial charge in [0, 0.05) is 12.2 Å². The summed E-state index contributed by atoms with van der Waals surface area (Å²) in [4.78, 5) is 18.0. The van der Waals surface area contributed by atoms with Crippen molar-refractivity contribution in [3.8, 4) is 0 Å². The predicted molar refractivity (Wildman–Crippen MR) is 65.0 cm³/mol. The molecular formula is C12H14F3N3O. The summed E-state index contributed by atoms with van der Waals surface area (Å²) < 4.78 is 39.4. The van der Waals surface area contributed by atoms with E-state index in [2.05, 4.69) is 9.97 Å². The Hall–Kier alpha value is -1.79. The van der Waals surface area contributed by atoms with Gasteiger partial charge in [-0.25, -0.2) is 9.78 Å². The molecule has 0 aliphatic heterocycles. The van der Waals surface area contributed by atoms with Crippen LogP contribution in [0.5, 0.6) is 0 Å². The van der Waals surface area contributed by atoms with Crippen LogP contribution in [0.4, 0.5) is 13.2 Å². The van der Waals surface area contributed by atoms with Gasteiger partial charge in [-0.3, -0.25) is 9.55 Å². The highest BCUT2D eigenvalue weighted by Gasteiger charge is 2.32. The molecule has 0 amide bonds. The molecule has 0 saturated carbocycles. The van der Waals surface area contributed by atoms with Crippen LogP contribution < -0.4 is 5.69 Å². The van der Waals surface area contributed by atoms with E-state index in [0.717, 1.165) is 12.3 Å². The van der Waals surface area contributed by atoms with E-state index in [1.54, 1.807) is 0 Å². The summed E-state index contributed by atoms with van der Waals surface area (Å²) >= 11 is 0. The van der Waals surface area contributed by atoms with Gasteiger partial charge in [-0.05, 0) is 18.9 Å². The Labute approximate surface area is 107 Å². The molecule has 0 saturated heterocycles. The second-order valence-corrected chi connectivity index (χ2v) is 4.36. The number of alkyl halides is 3. The number of pyridine rings is 1. The molecule has 0 aliphatic rings. The largest absolute Gasteiger partial charge is 0.417 e. The molecule has 19 heavy (non-hydrogen) atoms. The van der Waals surface area contributed by atoms with E-state index in [9.17, 15) is 18.0 Å². The number of aromatic amines is 1. The fraction of sp³-hybridized carbons (Fsp3) is 0.500. The van der Waals surface area contributed by atoms with Gasteiger partial charge >= 0.3 is 11.9 Å². The van der Waals surface area contributed by atoms with Crippen LogP contribution in [0.2, 0.25) is 0 Å². The first-order chi connectivity index (χ1) is 8.88. The fourth-order valence-electron chi connectivity index (χ4n) is 2.18. The molecule has 0 spiro atoms. The van der Waals surface area contributed by atoms with Gasteiger partial charge in [-0.2, -0.15) is 13.2 Å². The molecule has 1 N–H and O–H groups in total. The van der Waals surface area contributed by atoms with Gasteiger partial charge in [0.1, 0.15) is 0 Å². The quantitative estimate of drug-likeness (QED) is 0.934. The maximum absolute atomic E-state index is 12.7. The van der Waals surface area contributed by atoms with Crippen molar-refractivity contribution in [3.05, 3.63) is 28.3 Å². The lowest BCUT2D eigenvalue weighted by atomic mass is 10.1. The minimum Gasteiger partial charge on any atom is -0.290 e. The lowest BCUT2D eigenvalue weighted by Crippen LogP contribution is -2.21. The number of nitrogens with one attached hydrogen (secondary N) is 1. The third kappa shape index (κ3) is 2.36. The van der Waals surface area contributed by atoms with E-state index in [1.165, 1.54) is 4.57 Å². The highest BCUT2D eigenvalue weighted by Crippen LogP contribution is 2.30. The maximum Gasteiger partial charge on any atom is 0.417 e. The molecule has 0 unspecified atom stereocenters. The minimum absolute atomic E-state index is 0.133. The molecule has 0 atom stereocenters. The topological polar surface area (TPSA) is 50.7 Å². The van der Waals surface area contributed by atoms with Crippen molar-refractivity contribution in [2.45, 2.75) is 38.9 Å². The Bertz CT molecular complexity index is 638. The molecule has 0 radical (unpaired) electrons. The molecule has 0 aliphatic carbocycles. The number of hydrogen-bond acceptors (Lipinski definition) is 2. The summed E-state index contributed by atoms with van der Waals surface area (Å²) in [5.41, 5.74) is -0.882. The summed E-state index contributed by atoms with van der Waals surface area (Å²) in [5, 5.41) is 0. The lowest BCUT2D eigenvalue weighted by Gasteiger charge is -2.14. The van der Waals surface area contributed by atoms with Crippen molar-refractivity contribution in [2.75, 3.05) is 0 Å². The molecule has 0 fully saturated rings. The normalized spacial score (nSPS) is 12.5. The van der Waals surface area contributed by atoms with Crippen molar-refractivity contribution >= 4 is 11.2 Å². The molecule has 2 heterocycles. The second kappa shape index (κ2) is 4.71. The summed E-state index contributed by atoms with van der Waals surface area (Å²) in [5.74, 6) is 0. The van der Waals surface area contributed by atoms with Gasteiger partial charge in [0.05, 0.1) is 11.1 Å². The Morgan fingerprint density at radius 2 is 2.00 bits per heavy atom. The van der Waals surface area contributed by atoms with Crippen LogP contribution in [0.15, 0.2) is 17.1 Å². The van der Waals surface area contributed by atoms with E-state index in [4.69, 9.17) is 0 Å². The average Bonchev–Trinajstić information content (AvgIpc) is 2.66. The summed E-state index contributed by atoms with van der Waals surface area (Å²) in [6, 6.07) is 0.838. The zero-order valence-corrected chi connectivity index (χ0v) is 10.6. The first-order valence-corrected chi connectivity index (χ1v) is 6.06. The Morgan fingerprint density at radius 3 is 2.53 bits per heavy atom. The van der Waals surface area contributed by atoms with Crippen molar-refractivity contribution in [3.63, 3.8) is 0 Å². The van der Waals surface area contributed by atoms with E-state index in [-0.39, 0.29) is 17.2 Å². The Balaban J connectivity index is 2.69. The Kier molecular flexibility index (Phi) is 3.38. The Morgan fingerprint density at radius 1 is 1.37 bits per heavy atom. The van der Waals surface area contributed by atoms with Crippen LogP contribution in [0.25, 0.3) is 11.2 Å².